The van der Waals surface area contributed by atoms with Crippen LogP contribution in [0.2, 0.25) is 0 Å². The Hall–Kier alpha value is -7.21. The number of para-hydroxylation sites is 3. The largest absolute Gasteiger partial charge is 0.309 e. The standard InChI is InChI=1S/C51H32N4S/c1-3-16-33(17-4-1)37-25-14-27-41-42-28-15-26-38(48(42)56-47(37)41)35-20-13-21-36(32-35)50-52-49(34-18-5-2-6-19-34)53-51(54-50)43-24-9-12-31-46(43)55-44-29-10-7-22-39(44)40-23-8-11-30-45(40)55/h1-32H/i7D,8D,22D,23D,29D,30D. The highest BCUT2D eigenvalue weighted by Gasteiger charge is 2.20. The van der Waals surface area contributed by atoms with Crippen molar-refractivity contribution in [1.29, 1.82) is 0 Å². The van der Waals surface area contributed by atoms with E-state index in [0.717, 1.165) is 22.3 Å². The normalized spacial score (nSPS) is 13.1. The lowest BCUT2D eigenvalue weighted by Gasteiger charge is -2.14. The minimum Gasteiger partial charge on any atom is -0.309 e. The summed E-state index contributed by atoms with van der Waals surface area (Å²) >= 11 is 1.80. The quantitative estimate of drug-likeness (QED) is 0.171. The van der Waals surface area contributed by atoms with E-state index in [9.17, 15) is 0 Å². The van der Waals surface area contributed by atoms with E-state index < -0.39 is 0 Å². The summed E-state index contributed by atoms with van der Waals surface area (Å²) < 4.78 is 57.1. The van der Waals surface area contributed by atoms with Gasteiger partial charge in [0, 0.05) is 47.6 Å². The van der Waals surface area contributed by atoms with Gasteiger partial charge >= 0.3 is 0 Å². The van der Waals surface area contributed by atoms with Gasteiger partial charge in [-0.25, -0.2) is 15.0 Å². The zero-order valence-electron chi connectivity index (χ0n) is 35.7. The lowest BCUT2D eigenvalue weighted by atomic mass is 9.99. The second-order valence-electron chi connectivity index (χ2n) is 13.5. The summed E-state index contributed by atoms with van der Waals surface area (Å²) in [6.45, 7) is 0. The summed E-state index contributed by atoms with van der Waals surface area (Å²) in [4.78, 5) is 15.3. The topological polar surface area (TPSA) is 43.6 Å². The van der Waals surface area contributed by atoms with Crippen LogP contribution in [0.4, 0.5) is 0 Å². The molecule has 0 atom stereocenters. The van der Waals surface area contributed by atoms with E-state index in [4.69, 9.17) is 23.2 Å². The first-order chi connectivity index (χ1) is 30.2. The third-order valence-electron chi connectivity index (χ3n) is 10.2. The average Bonchev–Trinajstić information content (AvgIpc) is 3.89. The fourth-order valence-electron chi connectivity index (χ4n) is 7.67. The molecule has 3 aromatic heterocycles. The van der Waals surface area contributed by atoms with Crippen LogP contribution < -0.4 is 0 Å². The molecule has 0 radical (unpaired) electrons. The first-order valence-electron chi connectivity index (χ1n) is 21.3. The van der Waals surface area contributed by atoms with Crippen molar-refractivity contribution in [2.75, 3.05) is 0 Å². The van der Waals surface area contributed by atoms with E-state index in [-0.39, 0.29) is 58.1 Å². The monoisotopic (exact) mass is 738 g/mol. The van der Waals surface area contributed by atoms with Gasteiger partial charge in [0.15, 0.2) is 17.5 Å². The van der Waals surface area contributed by atoms with E-state index >= 15 is 0 Å². The molecule has 0 N–H and O–H groups in total. The highest BCUT2D eigenvalue weighted by Crippen LogP contribution is 2.44. The Bertz CT molecular complexity index is 3530. The molecule has 4 nitrogen and oxygen atoms in total. The molecule has 3 heterocycles. The van der Waals surface area contributed by atoms with Crippen molar-refractivity contribution in [3.63, 3.8) is 0 Å². The second-order valence-corrected chi connectivity index (χ2v) is 14.5. The van der Waals surface area contributed by atoms with Crippen LogP contribution in [-0.2, 0) is 0 Å². The summed E-state index contributed by atoms with van der Waals surface area (Å²) in [5.41, 5.74) is 7.68. The van der Waals surface area contributed by atoms with E-state index in [1.165, 1.54) is 43.4 Å². The maximum absolute atomic E-state index is 9.08. The summed E-state index contributed by atoms with van der Waals surface area (Å²) in [5, 5.41) is 2.78. The Kier molecular flexibility index (Phi) is 6.29. The van der Waals surface area contributed by atoms with E-state index in [0.29, 0.717) is 28.7 Å². The first kappa shape index (κ1) is 26.5. The molecule has 0 saturated heterocycles. The molecule has 0 unspecified atom stereocenters. The van der Waals surface area contributed by atoms with Gasteiger partial charge in [-0.15, -0.1) is 11.3 Å². The molecule has 56 heavy (non-hydrogen) atoms. The summed E-state index contributed by atoms with van der Waals surface area (Å²) in [7, 11) is 0. The summed E-state index contributed by atoms with van der Waals surface area (Å²) in [6, 6.07) is 50.7. The zero-order valence-corrected chi connectivity index (χ0v) is 30.5. The van der Waals surface area contributed by atoms with Gasteiger partial charge < -0.3 is 4.57 Å². The molecule has 262 valence electrons. The molecule has 0 fully saturated rings. The van der Waals surface area contributed by atoms with Crippen molar-refractivity contribution in [3.8, 4) is 62.1 Å². The molecular weight excluding hydrogens is 701 g/mol. The van der Waals surface area contributed by atoms with Crippen LogP contribution in [-0.4, -0.2) is 19.5 Å². The fraction of sp³-hybridized carbons (Fsp3) is 0. The van der Waals surface area contributed by atoms with Gasteiger partial charge in [0.2, 0.25) is 0 Å². The Morgan fingerprint density at radius 2 is 0.893 bits per heavy atom. The van der Waals surface area contributed by atoms with Crippen molar-refractivity contribution in [2.45, 2.75) is 0 Å². The third-order valence-corrected chi connectivity index (χ3v) is 11.5. The van der Waals surface area contributed by atoms with Crippen molar-refractivity contribution >= 4 is 53.3 Å². The van der Waals surface area contributed by atoms with Crippen LogP contribution in [0.15, 0.2) is 194 Å². The number of hydrogen-bond acceptors (Lipinski definition) is 4. The molecule has 5 heteroatoms. The number of thiophene rings is 1. The molecule has 0 saturated carbocycles. The molecule has 11 rings (SSSR count). The van der Waals surface area contributed by atoms with Gasteiger partial charge in [-0.1, -0.05) is 164 Å². The van der Waals surface area contributed by atoms with Crippen molar-refractivity contribution < 1.29 is 8.22 Å². The SMILES string of the molecule is [2H]c1cc([2H])c2c(c1[2H])c1c([2H])c([2H])cc([2H])c1n2-c1ccccc1-c1nc(-c2ccccc2)nc(-c2cccc(-c3cccc4c3sc3c(-c5ccccc5)cccc34)c2)n1. The van der Waals surface area contributed by atoms with Gasteiger partial charge in [-0.05, 0) is 52.5 Å². The van der Waals surface area contributed by atoms with Crippen LogP contribution in [0.3, 0.4) is 0 Å². The molecule has 0 aliphatic carbocycles. The predicted octanol–water partition coefficient (Wildman–Crippen LogP) is 13.7. The number of rotatable bonds is 6. The van der Waals surface area contributed by atoms with Gasteiger partial charge in [0.25, 0.3) is 0 Å². The third kappa shape index (κ3) is 5.32. The van der Waals surface area contributed by atoms with Gasteiger partial charge in [0.05, 0.1) is 24.9 Å². The first-order valence-corrected chi connectivity index (χ1v) is 19.1. The molecule has 0 bridgehead atoms. The van der Waals surface area contributed by atoms with Crippen molar-refractivity contribution in [2.24, 2.45) is 0 Å². The molecule has 8 aromatic carbocycles. The van der Waals surface area contributed by atoms with E-state index in [1.54, 1.807) is 15.9 Å². The predicted molar refractivity (Wildman–Crippen MR) is 234 cm³/mol. The fourth-order valence-corrected chi connectivity index (χ4v) is 9.04. The van der Waals surface area contributed by atoms with Gasteiger partial charge in [-0.2, -0.15) is 0 Å². The number of nitrogens with zero attached hydrogens (tertiary/aromatic N) is 4. The Labute approximate surface area is 336 Å². The molecule has 0 amide bonds. The average molecular weight is 739 g/mol. The summed E-state index contributed by atoms with van der Waals surface area (Å²) in [5.74, 6) is 1.24. The smallest absolute Gasteiger partial charge is 0.166 e. The molecule has 0 aliphatic heterocycles. The molecule has 0 aliphatic rings. The summed E-state index contributed by atoms with van der Waals surface area (Å²) in [6.07, 6.45) is 0. The second kappa shape index (κ2) is 13.3. The number of aromatic nitrogens is 4. The zero-order chi connectivity index (χ0) is 42.2. The minimum absolute atomic E-state index is 0.0413. The van der Waals surface area contributed by atoms with Crippen molar-refractivity contribution in [3.05, 3.63) is 194 Å². The Morgan fingerprint density at radius 3 is 1.57 bits per heavy atom. The van der Waals surface area contributed by atoms with E-state index in [2.05, 4.69) is 72.8 Å². The maximum atomic E-state index is 9.08. The van der Waals surface area contributed by atoms with E-state index in [1.807, 2.05) is 72.8 Å². The van der Waals surface area contributed by atoms with Crippen molar-refractivity contribution in [1.82, 2.24) is 19.5 Å². The lowest BCUT2D eigenvalue weighted by molar-refractivity contribution is 1.06. The highest BCUT2D eigenvalue weighted by atomic mass is 32.1. The number of benzene rings is 8. The minimum atomic E-state index is -0.174. The Morgan fingerprint density at radius 1 is 0.393 bits per heavy atom. The molecule has 0 spiro atoms. The van der Waals surface area contributed by atoms with Crippen LogP contribution >= 0.6 is 11.3 Å². The Balaban J connectivity index is 1.12. The number of hydrogen-bond donors (Lipinski definition) is 0. The maximum Gasteiger partial charge on any atom is 0.166 e. The van der Waals surface area contributed by atoms with Crippen LogP contribution in [0.1, 0.15) is 8.22 Å². The number of fused-ring (bicyclic) bond motifs is 6. The lowest BCUT2D eigenvalue weighted by Crippen LogP contribution is -2.03. The highest BCUT2D eigenvalue weighted by molar-refractivity contribution is 7.26. The molecule has 11 aromatic rings. The van der Waals surface area contributed by atoms with Gasteiger partial charge in [0.1, 0.15) is 0 Å². The van der Waals surface area contributed by atoms with Crippen LogP contribution in [0.25, 0.3) is 104 Å². The van der Waals surface area contributed by atoms with Gasteiger partial charge in [-0.3, -0.25) is 0 Å². The van der Waals surface area contributed by atoms with Crippen LogP contribution in [0.5, 0.6) is 0 Å². The van der Waals surface area contributed by atoms with Crippen LogP contribution in [0, 0.1) is 0 Å². The molecular formula is C51H32N4S.